The maximum atomic E-state index is 12.6. The summed E-state index contributed by atoms with van der Waals surface area (Å²) >= 11 is 1.67. The molecule has 0 aromatic carbocycles. The SMILES string of the molecule is CC(C(=O)NCC1(N2CCCCC2)CCN(C)CC1)c1cccs1. The summed E-state index contributed by atoms with van der Waals surface area (Å²) in [6, 6.07) is 4.08. The maximum Gasteiger partial charge on any atom is 0.228 e. The molecular weight excluding hydrogens is 318 g/mol. The summed E-state index contributed by atoms with van der Waals surface area (Å²) in [7, 11) is 2.21. The van der Waals surface area contributed by atoms with Gasteiger partial charge in [0.15, 0.2) is 0 Å². The van der Waals surface area contributed by atoms with Gasteiger partial charge in [0.25, 0.3) is 0 Å². The molecule has 0 radical (unpaired) electrons. The second-order valence-electron chi connectivity index (χ2n) is 7.53. The number of amides is 1. The van der Waals surface area contributed by atoms with E-state index in [1.807, 2.05) is 18.4 Å². The van der Waals surface area contributed by atoms with Crippen molar-refractivity contribution in [3.63, 3.8) is 0 Å². The Bertz CT molecular complexity index is 517. The van der Waals surface area contributed by atoms with E-state index >= 15 is 0 Å². The standard InChI is InChI=1S/C19H31N3OS/c1-16(17-7-6-14-24-17)18(23)20-15-19(8-12-21(2)13-9-19)22-10-4-3-5-11-22/h6-7,14,16H,3-5,8-13,15H2,1-2H3,(H,20,23). The molecule has 2 saturated heterocycles. The molecule has 3 heterocycles. The molecule has 0 spiro atoms. The van der Waals surface area contributed by atoms with Crippen molar-refractivity contribution >= 4 is 17.2 Å². The molecule has 0 bridgehead atoms. The number of nitrogens with one attached hydrogen (secondary N) is 1. The van der Waals surface area contributed by atoms with Crippen LogP contribution in [-0.4, -0.2) is 61.0 Å². The van der Waals surface area contributed by atoms with E-state index in [1.165, 1.54) is 32.4 Å². The molecule has 134 valence electrons. The topological polar surface area (TPSA) is 35.6 Å². The van der Waals surface area contributed by atoms with Gasteiger partial charge in [-0.25, -0.2) is 0 Å². The zero-order chi connectivity index (χ0) is 17.0. The Balaban J connectivity index is 1.64. The lowest BCUT2D eigenvalue weighted by Crippen LogP contribution is -2.61. The van der Waals surface area contributed by atoms with E-state index in [1.54, 1.807) is 11.3 Å². The smallest absolute Gasteiger partial charge is 0.228 e. The number of carbonyl (C=O) groups is 1. The van der Waals surface area contributed by atoms with Gasteiger partial charge in [-0.1, -0.05) is 12.5 Å². The molecule has 1 amide bonds. The fraction of sp³-hybridized carbons (Fsp3) is 0.737. The van der Waals surface area contributed by atoms with Crippen molar-refractivity contribution in [2.24, 2.45) is 0 Å². The minimum atomic E-state index is -0.0466. The van der Waals surface area contributed by atoms with Crippen molar-refractivity contribution in [1.29, 1.82) is 0 Å². The molecule has 2 aliphatic heterocycles. The highest BCUT2D eigenvalue weighted by molar-refractivity contribution is 7.10. The Hall–Kier alpha value is -0.910. The van der Waals surface area contributed by atoms with Crippen LogP contribution in [0.15, 0.2) is 17.5 Å². The van der Waals surface area contributed by atoms with Gasteiger partial charge >= 0.3 is 0 Å². The second kappa shape index (κ2) is 7.98. The van der Waals surface area contributed by atoms with Gasteiger partial charge in [-0.15, -0.1) is 11.3 Å². The Kier molecular flexibility index (Phi) is 5.95. The minimum absolute atomic E-state index is 0.0466. The summed E-state index contributed by atoms with van der Waals surface area (Å²) < 4.78 is 0. The maximum absolute atomic E-state index is 12.6. The van der Waals surface area contributed by atoms with Crippen LogP contribution in [0, 0.1) is 0 Å². The first-order valence-corrected chi connectivity index (χ1v) is 10.2. The quantitative estimate of drug-likeness (QED) is 0.888. The second-order valence-corrected chi connectivity index (χ2v) is 8.51. The van der Waals surface area contributed by atoms with Crippen LogP contribution >= 0.6 is 11.3 Å². The van der Waals surface area contributed by atoms with Gasteiger partial charge in [-0.05, 0) is 77.3 Å². The van der Waals surface area contributed by atoms with Gasteiger partial charge in [0, 0.05) is 17.0 Å². The molecule has 2 aliphatic rings. The average molecular weight is 350 g/mol. The van der Waals surface area contributed by atoms with Crippen LogP contribution in [-0.2, 0) is 4.79 Å². The fourth-order valence-corrected chi connectivity index (χ4v) is 4.86. The first-order chi connectivity index (χ1) is 11.6. The Labute approximate surface area is 150 Å². The van der Waals surface area contributed by atoms with Gasteiger partial charge in [-0.2, -0.15) is 0 Å². The van der Waals surface area contributed by atoms with Crippen LogP contribution in [0.5, 0.6) is 0 Å². The number of hydrogen-bond acceptors (Lipinski definition) is 4. The highest BCUT2D eigenvalue weighted by Crippen LogP contribution is 2.31. The van der Waals surface area contributed by atoms with Crippen LogP contribution < -0.4 is 5.32 Å². The van der Waals surface area contributed by atoms with Crippen LogP contribution in [0.1, 0.15) is 49.8 Å². The fourth-order valence-electron chi connectivity index (χ4n) is 4.08. The molecule has 0 aliphatic carbocycles. The van der Waals surface area contributed by atoms with Gasteiger partial charge in [0.05, 0.1) is 5.92 Å². The first kappa shape index (κ1) is 17.9. The van der Waals surface area contributed by atoms with Crippen LogP contribution in [0.25, 0.3) is 0 Å². The number of piperidine rings is 2. The lowest BCUT2D eigenvalue weighted by Gasteiger charge is -2.50. The van der Waals surface area contributed by atoms with Crippen molar-refractivity contribution in [3.8, 4) is 0 Å². The van der Waals surface area contributed by atoms with E-state index in [9.17, 15) is 4.79 Å². The summed E-state index contributed by atoms with van der Waals surface area (Å²) in [6.07, 6.45) is 6.29. The Morgan fingerprint density at radius 3 is 2.58 bits per heavy atom. The van der Waals surface area contributed by atoms with E-state index in [4.69, 9.17) is 0 Å². The average Bonchev–Trinajstić information content (AvgIpc) is 3.16. The highest BCUT2D eigenvalue weighted by atomic mass is 32.1. The highest BCUT2D eigenvalue weighted by Gasteiger charge is 2.40. The Morgan fingerprint density at radius 1 is 1.25 bits per heavy atom. The van der Waals surface area contributed by atoms with Crippen molar-refractivity contribution in [3.05, 3.63) is 22.4 Å². The lowest BCUT2D eigenvalue weighted by molar-refractivity contribution is -0.123. The lowest BCUT2D eigenvalue weighted by atomic mass is 9.84. The number of rotatable bonds is 5. The van der Waals surface area contributed by atoms with Gasteiger partial charge in [0.2, 0.25) is 5.91 Å². The molecule has 1 unspecified atom stereocenters. The zero-order valence-electron chi connectivity index (χ0n) is 15.1. The van der Waals surface area contributed by atoms with Gasteiger partial charge in [-0.3, -0.25) is 9.69 Å². The van der Waals surface area contributed by atoms with E-state index < -0.39 is 0 Å². The third kappa shape index (κ3) is 4.01. The third-order valence-electron chi connectivity index (χ3n) is 5.90. The molecule has 24 heavy (non-hydrogen) atoms. The molecule has 3 rings (SSSR count). The number of hydrogen-bond donors (Lipinski definition) is 1. The van der Waals surface area contributed by atoms with E-state index in [2.05, 4.69) is 28.2 Å². The summed E-state index contributed by atoms with van der Waals surface area (Å²) in [4.78, 5) is 18.9. The molecule has 5 heteroatoms. The monoisotopic (exact) mass is 349 g/mol. The van der Waals surface area contributed by atoms with Crippen LogP contribution in [0.4, 0.5) is 0 Å². The number of nitrogens with zero attached hydrogens (tertiary/aromatic N) is 2. The molecule has 4 nitrogen and oxygen atoms in total. The molecular formula is C19H31N3OS. The van der Waals surface area contributed by atoms with Crippen LogP contribution in [0.3, 0.4) is 0 Å². The summed E-state index contributed by atoms with van der Waals surface area (Å²) in [5, 5.41) is 5.35. The van der Waals surface area contributed by atoms with Crippen molar-refractivity contribution < 1.29 is 4.79 Å². The van der Waals surface area contributed by atoms with Crippen molar-refractivity contribution in [1.82, 2.24) is 15.1 Å². The number of carbonyl (C=O) groups excluding carboxylic acids is 1. The minimum Gasteiger partial charge on any atom is -0.354 e. The molecule has 2 fully saturated rings. The molecule has 1 N–H and O–H groups in total. The summed E-state index contributed by atoms with van der Waals surface area (Å²) in [5.74, 6) is 0.127. The van der Waals surface area contributed by atoms with Crippen LogP contribution in [0.2, 0.25) is 0 Å². The van der Waals surface area contributed by atoms with E-state index in [-0.39, 0.29) is 17.4 Å². The van der Waals surface area contributed by atoms with Crippen molar-refractivity contribution in [2.75, 3.05) is 39.8 Å². The van der Waals surface area contributed by atoms with Crippen molar-refractivity contribution in [2.45, 2.75) is 50.5 Å². The summed E-state index contributed by atoms with van der Waals surface area (Å²) in [6.45, 7) is 7.47. The predicted molar refractivity (Wildman–Crippen MR) is 101 cm³/mol. The zero-order valence-corrected chi connectivity index (χ0v) is 15.9. The molecule has 0 saturated carbocycles. The molecule has 1 atom stereocenters. The molecule has 1 aromatic heterocycles. The van der Waals surface area contributed by atoms with E-state index in [0.29, 0.717) is 0 Å². The largest absolute Gasteiger partial charge is 0.354 e. The first-order valence-electron chi connectivity index (χ1n) is 9.35. The van der Waals surface area contributed by atoms with E-state index in [0.717, 1.165) is 37.4 Å². The van der Waals surface area contributed by atoms with Gasteiger partial charge in [0.1, 0.15) is 0 Å². The number of likely N-dealkylation sites (tertiary alicyclic amines) is 2. The van der Waals surface area contributed by atoms with Gasteiger partial charge < -0.3 is 10.2 Å². The number of thiophene rings is 1. The predicted octanol–water partition coefficient (Wildman–Crippen LogP) is 2.92. The Morgan fingerprint density at radius 2 is 1.96 bits per heavy atom. The third-order valence-corrected chi connectivity index (χ3v) is 6.95. The molecule has 1 aromatic rings. The summed E-state index contributed by atoms with van der Waals surface area (Å²) in [5.41, 5.74) is 0.164. The normalized spacial score (nSPS) is 23.8.